The summed E-state index contributed by atoms with van der Waals surface area (Å²) in [6.45, 7) is 13.8. The van der Waals surface area contributed by atoms with Gasteiger partial charge in [0.25, 0.3) is 0 Å². The summed E-state index contributed by atoms with van der Waals surface area (Å²) in [6, 6.07) is 0. The lowest BCUT2D eigenvalue weighted by Gasteiger charge is -2.26. The van der Waals surface area contributed by atoms with Crippen molar-refractivity contribution >= 4 is 0 Å². The molecule has 2 saturated heterocycles. The van der Waals surface area contributed by atoms with Crippen molar-refractivity contribution in [2.75, 3.05) is 52.9 Å². The first kappa shape index (κ1) is 19.1. The van der Waals surface area contributed by atoms with E-state index >= 15 is 0 Å². The van der Waals surface area contributed by atoms with Crippen LogP contribution >= 0.6 is 0 Å². The van der Waals surface area contributed by atoms with E-state index in [4.69, 9.17) is 28.4 Å². The van der Waals surface area contributed by atoms with Gasteiger partial charge in [0.15, 0.2) is 0 Å². The first-order valence-electron chi connectivity index (χ1n) is 8.56. The minimum atomic E-state index is -0.0291. The third-order valence-electron chi connectivity index (χ3n) is 3.63. The zero-order valence-corrected chi connectivity index (χ0v) is 14.9. The van der Waals surface area contributed by atoms with Crippen molar-refractivity contribution in [3.63, 3.8) is 0 Å². The third-order valence-corrected chi connectivity index (χ3v) is 3.63. The molecule has 0 aromatic rings. The summed E-state index contributed by atoms with van der Waals surface area (Å²) in [5, 5.41) is 0. The Balaban J connectivity index is 1.45. The normalized spacial score (nSPS) is 26.1. The van der Waals surface area contributed by atoms with Gasteiger partial charge in [-0.05, 0) is 13.8 Å². The summed E-state index contributed by atoms with van der Waals surface area (Å²) in [4.78, 5) is 0. The molecular formula is C17H32O6. The van der Waals surface area contributed by atoms with Crippen LogP contribution in [0.2, 0.25) is 0 Å². The smallest absolute Gasteiger partial charge is 0.104 e. The fourth-order valence-corrected chi connectivity index (χ4v) is 2.01. The molecule has 0 saturated carbocycles. The molecule has 0 radical (unpaired) electrons. The van der Waals surface area contributed by atoms with Crippen LogP contribution in [-0.2, 0) is 28.4 Å². The second kappa shape index (κ2) is 9.30. The molecule has 4 unspecified atom stereocenters. The van der Waals surface area contributed by atoms with Crippen LogP contribution < -0.4 is 0 Å². The summed E-state index contributed by atoms with van der Waals surface area (Å²) in [5.74, 6) is 0. The monoisotopic (exact) mass is 332 g/mol. The van der Waals surface area contributed by atoms with Crippen LogP contribution in [0.3, 0.4) is 0 Å². The van der Waals surface area contributed by atoms with E-state index in [0.29, 0.717) is 51.8 Å². The molecule has 2 aliphatic heterocycles. The summed E-state index contributed by atoms with van der Waals surface area (Å²) in [5.41, 5.74) is -0.0291. The van der Waals surface area contributed by atoms with Crippen LogP contribution in [0.15, 0.2) is 0 Å². The van der Waals surface area contributed by atoms with Crippen molar-refractivity contribution in [1.29, 1.82) is 0 Å². The van der Waals surface area contributed by atoms with E-state index in [9.17, 15) is 0 Å². The Morgan fingerprint density at radius 2 is 1.26 bits per heavy atom. The molecule has 0 aromatic carbocycles. The van der Waals surface area contributed by atoms with E-state index in [0.717, 1.165) is 13.2 Å². The molecule has 136 valence electrons. The van der Waals surface area contributed by atoms with Gasteiger partial charge in [-0.3, -0.25) is 0 Å². The number of rotatable bonds is 14. The average Bonchev–Trinajstić information content (AvgIpc) is 3.37. The fourth-order valence-electron chi connectivity index (χ4n) is 2.01. The van der Waals surface area contributed by atoms with Gasteiger partial charge in [-0.2, -0.15) is 0 Å². The topological polar surface area (TPSA) is 62.0 Å². The highest BCUT2D eigenvalue weighted by atomic mass is 16.6. The van der Waals surface area contributed by atoms with Crippen molar-refractivity contribution in [3.8, 4) is 0 Å². The molecule has 0 aromatic heterocycles. The maximum atomic E-state index is 5.76. The maximum absolute atomic E-state index is 5.76. The Morgan fingerprint density at radius 1 is 0.870 bits per heavy atom. The van der Waals surface area contributed by atoms with Gasteiger partial charge >= 0.3 is 0 Å². The molecule has 2 heterocycles. The highest BCUT2D eigenvalue weighted by Gasteiger charge is 2.25. The minimum Gasteiger partial charge on any atom is -0.378 e. The molecule has 4 atom stereocenters. The van der Waals surface area contributed by atoms with Crippen molar-refractivity contribution in [2.45, 2.75) is 52.1 Å². The van der Waals surface area contributed by atoms with E-state index in [1.54, 1.807) is 0 Å². The molecule has 2 fully saturated rings. The minimum absolute atomic E-state index is 0.0291. The average molecular weight is 332 g/mol. The van der Waals surface area contributed by atoms with E-state index in [2.05, 4.69) is 13.8 Å². The lowest BCUT2D eigenvalue weighted by Crippen LogP contribution is -2.30. The number of epoxide rings is 2. The van der Waals surface area contributed by atoms with Gasteiger partial charge in [-0.25, -0.2) is 0 Å². The lowest BCUT2D eigenvalue weighted by molar-refractivity contribution is -0.0648. The summed E-state index contributed by atoms with van der Waals surface area (Å²) < 4.78 is 33.0. The first-order chi connectivity index (χ1) is 10.9. The molecule has 2 rings (SSSR count). The quantitative estimate of drug-likeness (QED) is 0.451. The molecule has 0 N–H and O–H groups in total. The Labute approximate surface area is 139 Å². The Hall–Kier alpha value is -0.240. The molecule has 0 spiro atoms. The van der Waals surface area contributed by atoms with Gasteiger partial charge in [0.05, 0.1) is 65.1 Å². The van der Waals surface area contributed by atoms with Gasteiger partial charge < -0.3 is 28.4 Å². The van der Waals surface area contributed by atoms with Crippen LogP contribution in [0.5, 0.6) is 0 Å². The molecule has 6 heteroatoms. The SMILES string of the molecule is CC(COCC(C)(C)COCC(C)OCC1CO1)OCC1CO1. The van der Waals surface area contributed by atoms with Crippen LogP contribution in [0.4, 0.5) is 0 Å². The highest BCUT2D eigenvalue weighted by Crippen LogP contribution is 2.17. The van der Waals surface area contributed by atoms with Gasteiger partial charge in [0.2, 0.25) is 0 Å². The molecule has 0 amide bonds. The van der Waals surface area contributed by atoms with Gasteiger partial charge in [0.1, 0.15) is 12.2 Å². The second-order valence-corrected chi connectivity index (χ2v) is 7.39. The predicted octanol–water partition coefficient (Wildman–Crippen LogP) is 1.65. The van der Waals surface area contributed by atoms with Crippen LogP contribution in [0.25, 0.3) is 0 Å². The number of hydrogen-bond acceptors (Lipinski definition) is 6. The third kappa shape index (κ3) is 9.59. The Kier molecular flexibility index (Phi) is 7.72. The largest absolute Gasteiger partial charge is 0.378 e. The molecular weight excluding hydrogens is 300 g/mol. The maximum Gasteiger partial charge on any atom is 0.104 e. The molecule has 23 heavy (non-hydrogen) atoms. The summed E-state index contributed by atoms with van der Waals surface area (Å²) >= 11 is 0. The van der Waals surface area contributed by atoms with Crippen molar-refractivity contribution in [3.05, 3.63) is 0 Å². The van der Waals surface area contributed by atoms with Crippen LogP contribution in [0, 0.1) is 5.41 Å². The summed E-state index contributed by atoms with van der Waals surface area (Å²) in [7, 11) is 0. The van der Waals surface area contributed by atoms with Crippen molar-refractivity contribution in [2.24, 2.45) is 5.41 Å². The van der Waals surface area contributed by atoms with E-state index in [1.807, 2.05) is 13.8 Å². The van der Waals surface area contributed by atoms with Gasteiger partial charge in [-0.15, -0.1) is 0 Å². The predicted molar refractivity (Wildman–Crippen MR) is 85.7 cm³/mol. The Bertz CT molecular complexity index is 297. The van der Waals surface area contributed by atoms with E-state index in [1.165, 1.54) is 0 Å². The van der Waals surface area contributed by atoms with Gasteiger partial charge in [-0.1, -0.05) is 13.8 Å². The first-order valence-corrected chi connectivity index (χ1v) is 8.56. The Morgan fingerprint density at radius 3 is 1.61 bits per heavy atom. The van der Waals surface area contributed by atoms with E-state index < -0.39 is 0 Å². The molecule has 6 nitrogen and oxygen atoms in total. The van der Waals surface area contributed by atoms with Crippen molar-refractivity contribution < 1.29 is 28.4 Å². The van der Waals surface area contributed by atoms with Crippen LogP contribution in [0.1, 0.15) is 27.7 Å². The van der Waals surface area contributed by atoms with E-state index in [-0.39, 0.29) is 17.6 Å². The lowest BCUT2D eigenvalue weighted by atomic mass is 9.96. The van der Waals surface area contributed by atoms with Crippen LogP contribution in [-0.4, -0.2) is 77.3 Å². The highest BCUT2D eigenvalue weighted by molar-refractivity contribution is 4.70. The standard InChI is InChI=1S/C17H32O6/c1-13(20-7-15-9-22-15)5-18-11-17(3,4)12-19-6-14(2)21-8-16-10-23-16/h13-16H,5-12H2,1-4H3. The molecule has 0 bridgehead atoms. The second-order valence-electron chi connectivity index (χ2n) is 7.39. The summed E-state index contributed by atoms with van der Waals surface area (Å²) in [6.07, 6.45) is 0.791. The molecule has 0 aliphatic carbocycles. The number of hydrogen-bond donors (Lipinski definition) is 0. The number of ether oxygens (including phenoxy) is 6. The van der Waals surface area contributed by atoms with Gasteiger partial charge in [0, 0.05) is 5.41 Å². The van der Waals surface area contributed by atoms with Crippen molar-refractivity contribution in [1.82, 2.24) is 0 Å². The fraction of sp³-hybridized carbons (Fsp3) is 1.00. The zero-order valence-electron chi connectivity index (χ0n) is 14.9. The zero-order chi connectivity index (χ0) is 16.7. The molecule has 2 aliphatic rings.